The molecule has 0 radical (unpaired) electrons. The second-order valence-electron chi connectivity index (χ2n) is 5.82. The predicted octanol–water partition coefficient (Wildman–Crippen LogP) is 3.82. The molecule has 94 valence electrons. The lowest BCUT2D eigenvalue weighted by molar-refractivity contribution is -0.122. The summed E-state index contributed by atoms with van der Waals surface area (Å²) in [5, 5.41) is 9.71. The fraction of sp³-hybridized carbons (Fsp3) is 0.769. The van der Waals surface area contributed by atoms with E-state index in [0.29, 0.717) is 12.8 Å². The summed E-state index contributed by atoms with van der Waals surface area (Å²) in [6.45, 7) is 8.64. The van der Waals surface area contributed by atoms with Gasteiger partial charge in [-0.2, -0.15) is 0 Å². The summed E-state index contributed by atoms with van der Waals surface area (Å²) in [7, 11) is 0. The summed E-state index contributed by atoms with van der Waals surface area (Å²) < 4.78 is 12.1. The van der Waals surface area contributed by atoms with E-state index in [-0.39, 0.29) is 11.5 Å². The van der Waals surface area contributed by atoms with E-state index < -0.39 is 17.5 Å². The monoisotopic (exact) mass is 230 g/mol. The zero-order chi connectivity index (χ0) is 13.0. The standard InChI is InChI=1S/C13H23FO2/c1-12(2,3)10(15)9-11(16)13(4,5)7-6-8-14/h9,15H,6-8H2,1-5H3/b10-9-. The summed E-state index contributed by atoms with van der Waals surface area (Å²) in [6, 6.07) is 0. The molecule has 0 heterocycles. The van der Waals surface area contributed by atoms with E-state index in [1.54, 1.807) is 13.8 Å². The highest BCUT2D eigenvalue weighted by Gasteiger charge is 2.27. The molecule has 0 fully saturated rings. The molecule has 2 nitrogen and oxygen atoms in total. The molecule has 1 N–H and O–H groups in total. The highest BCUT2D eigenvalue weighted by Crippen LogP contribution is 2.28. The average Bonchev–Trinajstić information content (AvgIpc) is 2.13. The second kappa shape index (κ2) is 5.46. The van der Waals surface area contributed by atoms with Crippen LogP contribution in [-0.4, -0.2) is 17.6 Å². The number of alkyl halides is 1. The van der Waals surface area contributed by atoms with Crippen LogP contribution in [0.25, 0.3) is 0 Å². The lowest BCUT2D eigenvalue weighted by atomic mass is 9.81. The molecule has 0 aliphatic carbocycles. The smallest absolute Gasteiger partial charge is 0.164 e. The minimum absolute atomic E-state index is 0.0748. The molecule has 3 heteroatoms. The lowest BCUT2D eigenvalue weighted by Crippen LogP contribution is -2.24. The van der Waals surface area contributed by atoms with Crippen LogP contribution in [0, 0.1) is 10.8 Å². The van der Waals surface area contributed by atoms with Crippen LogP contribution in [0.1, 0.15) is 47.5 Å². The van der Waals surface area contributed by atoms with Gasteiger partial charge in [-0.25, -0.2) is 0 Å². The number of carbonyl (C=O) groups is 1. The molecule has 0 saturated carbocycles. The SMILES string of the molecule is CC(C)(CCCF)C(=O)/C=C(\O)C(C)(C)C. The molecule has 0 aromatic rings. The Morgan fingerprint density at radius 2 is 1.75 bits per heavy atom. The zero-order valence-corrected chi connectivity index (χ0v) is 10.9. The van der Waals surface area contributed by atoms with Crippen molar-refractivity contribution in [1.82, 2.24) is 0 Å². The maximum atomic E-state index is 12.1. The van der Waals surface area contributed by atoms with E-state index in [9.17, 15) is 14.3 Å². The van der Waals surface area contributed by atoms with Crippen molar-refractivity contribution in [2.75, 3.05) is 6.67 Å². The third-order valence-corrected chi connectivity index (χ3v) is 2.64. The maximum Gasteiger partial charge on any atom is 0.164 e. The molecule has 0 bridgehead atoms. The summed E-state index contributed by atoms with van der Waals surface area (Å²) >= 11 is 0. The largest absolute Gasteiger partial charge is 0.512 e. The highest BCUT2D eigenvalue weighted by molar-refractivity contribution is 5.94. The van der Waals surface area contributed by atoms with Crippen molar-refractivity contribution >= 4 is 5.78 Å². The van der Waals surface area contributed by atoms with E-state index in [4.69, 9.17) is 0 Å². The maximum absolute atomic E-state index is 12.1. The molecule has 16 heavy (non-hydrogen) atoms. The molecule has 0 rings (SSSR count). The Hall–Kier alpha value is -0.860. The Kier molecular flexibility index (Phi) is 5.17. The van der Waals surface area contributed by atoms with Crippen LogP contribution >= 0.6 is 0 Å². The van der Waals surface area contributed by atoms with Gasteiger partial charge in [0.25, 0.3) is 0 Å². The molecule has 0 spiro atoms. The van der Waals surface area contributed by atoms with E-state index in [1.165, 1.54) is 6.08 Å². The normalized spacial score (nSPS) is 14.0. The zero-order valence-electron chi connectivity index (χ0n) is 10.9. The number of ketones is 1. The van der Waals surface area contributed by atoms with Crippen LogP contribution in [0.5, 0.6) is 0 Å². The van der Waals surface area contributed by atoms with Crippen molar-refractivity contribution in [2.24, 2.45) is 10.8 Å². The van der Waals surface area contributed by atoms with Gasteiger partial charge in [0.05, 0.1) is 6.67 Å². The second-order valence-corrected chi connectivity index (χ2v) is 5.82. The minimum atomic E-state index is -0.606. The van der Waals surface area contributed by atoms with Gasteiger partial charge in [0.1, 0.15) is 5.76 Å². The van der Waals surface area contributed by atoms with E-state index in [2.05, 4.69) is 0 Å². The molecule has 0 aromatic heterocycles. The summed E-state index contributed by atoms with van der Waals surface area (Å²) in [6.07, 6.45) is 2.15. The summed E-state index contributed by atoms with van der Waals surface area (Å²) in [5.74, 6) is -0.0702. The number of hydrogen-bond donors (Lipinski definition) is 1. The van der Waals surface area contributed by atoms with Gasteiger partial charge in [-0.3, -0.25) is 9.18 Å². The molecule has 0 unspecified atom stereocenters. The van der Waals surface area contributed by atoms with Gasteiger partial charge in [0, 0.05) is 16.9 Å². The van der Waals surface area contributed by atoms with Crippen molar-refractivity contribution in [3.63, 3.8) is 0 Å². The Balaban J connectivity index is 4.68. The molecule has 0 aromatic carbocycles. The average molecular weight is 230 g/mol. The number of halogens is 1. The van der Waals surface area contributed by atoms with Crippen molar-refractivity contribution in [3.8, 4) is 0 Å². The molecule has 0 aliphatic heterocycles. The Morgan fingerprint density at radius 1 is 1.25 bits per heavy atom. The highest BCUT2D eigenvalue weighted by atomic mass is 19.1. The minimum Gasteiger partial charge on any atom is -0.512 e. The Morgan fingerprint density at radius 3 is 2.12 bits per heavy atom. The molecule has 0 amide bonds. The lowest BCUT2D eigenvalue weighted by Gasteiger charge is -2.23. The van der Waals surface area contributed by atoms with Gasteiger partial charge in [0.15, 0.2) is 5.78 Å². The van der Waals surface area contributed by atoms with Gasteiger partial charge < -0.3 is 5.11 Å². The van der Waals surface area contributed by atoms with Gasteiger partial charge in [-0.15, -0.1) is 0 Å². The number of carbonyl (C=O) groups excluding carboxylic acids is 1. The van der Waals surface area contributed by atoms with Gasteiger partial charge >= 0.3 is 0 Å². The third kappa shape index (κ3) is 4.77. The van der Waals surface area contributed by atoms with Crippen molar-refractivity contribution in [3.05, 3.63) is 11.8 Å². The number of rotatable bonds is 5. The van der Waals surface area contributed by atoms with Crippen LogP contribution in [-0.2, 0) is 4.79 Å². The quantitative estimate of drug-likeness (QED) is 0.576. The number of aliphatic hydroxyl groups is 1. The number of allylic oxidation sites excluding steroid dienone is 2. The topological polar surface area (TPSA) is 37.3 Å². The van der Waals surface area contributed by atoms with Crippen LogP contribution in [0.3, 0.4) is 0 Å². The first-order valence-electron chi connectivity index (χ1n) is 5.63. The van der Waals surface area contributed by atoms with Crippen molar-refractivity contribution in [1.29, 1.82) is 0 Å². The first-order valence-corrected chi connectivity index (χ1v) is 5.63. The van der Waals surface area contributed by atoms with Crippen molar-refractivity contribution < 1.29 is 14.3 Å². The van der Waals surface area contributed by atoms with E-state index in [1.807, 2.05) is 20.8 Å². The van der Waals surface area contributed by atoms with Crippen LogP contribution in [0.4, 0.5) is 4.39 Å². The van der Waals surface area contributed by atoms with Gasteiger partial charge in [-0.1, -0.05) is 34.6 Å². The summed E-state index contributed by atoms with van der Waals surface area (Å²) in [5.41, 5.74) is -1.03. The Bertz CT molecular complexity index is 272. The van der Waals surface area contributed by atoms with Crippen molar-refractivity contribution in [2.45, 2.75) is 47.5 Å². The van der Waals surface area contributed by atoms with Gasteiger partial charge in [0.2, 0.25) is 0 Å². The molecular formula is C13H23FO2. The van der Waals surface area contributed by atoms with Crippen LogP contribution in [0.15, 0.2) is 11.8 Å². The predicted molar refractivity (Wildman–Crippen MR) is 64.2 cm³/mol. The first kappa shape index (κ1) is 15.1. The van der Waals surface area contributed by atoms with Crippen LogP contribution < -0.4 is 0 Å². The molecule has 0 atom stereocenters. The number of aliphatic hydroxyl groups excluding tert-OH is 1. The van der Waals surface area contributed by atoms with Gasteiger partial charge in [-0.05, 0) is 12.8 Å². The molecule has 0 saturated heterocycles. The third-order valence-electron chi connectivity index (χ3n) is 2.64. The fourth-order valence-corrected chi connectivity index (χ4v) is 1.17. The summed E-state index contributed by atoms with van der Waals surface area (Å²) in [4.78, 5) is 11.9. The molecule has 0 aliphatic rings. The fourth-order valence-electron chi connectivity index (χ4n) is 1.17. The van der Waals surface area contributed by atoms with Crippen LogP contribution in [0.2, 0.25) is 0 Å². The van der Waals surface area contributed by atoms with E-state index in [0.717, 1.165) is 0 Å². The first-order chi connectivity index (χ1) is 7.11. The number of hydrogen-bond acceptors (Lipinski definition) is 2. The molecular weight excluding hydrogens is 207 g/mol. The van der Waals surface area contributed by atoms with E-state index >= 15 is 0 Å². The Labute approximate surface area is 97.6 Å².